The maximum absolute atomic E-state index is 12.2. The molecule has 1 N–H and O–H groups in total. The van der Waals surface area contributed by atoms with Crippen LogP contribution in [0.2, 0.25) is 0 Å². The summed E-state index contributed by atoms with van der Waals surface area (Å²) >= 11 is 3.41. The lowest BCUT2D eigenvalue weighted by Gasteiger charge is -2.28. The van der Waals surface area contributed by atoms with Crippen molar-refractivity contribution in [3.8, 4) is 0 Å². The number of hydrogen-bond donors (Lipinski definition) is 1. The van der Waals surface area contributed by atoms with Gasteiger partial charge >= 0.3 is 5.91 Å². The number of furan rings is 1. The average molecular weight is 426 g/mol. The molecule has 1 aliphatic rings. The van der Waals surface area contributed by atoms with Crippen LogP contribution in [0.15, 0.2) is 62.5 Å². The van der Waals surface area contributed by atoms with E-state index >= 15 is 0 Å². The van der Waals surface area contributed by atoms with E-state index in [2.05, 4.69) is 43.5 Å². The minimum atomic E-state index is -0.372. The number of piperidine rings is 1. The first kappa shape index (κ1) is 17.8. The second-order valence-electron chi connectivity index (χ2n) is 6.63. The van der Waals surface area contributed by atoms with Gasteiger partial charge in [-0.05, 0) is 61.2 Å². The Kier molecular flexibility index (Phi) is 5.25. The first-order valence-electron chi connectivity index (χ1n) is 9.06. The van der Waals surface area contributed by atoms with Gasteiger partial charge in [0, 0.05) is 28.6 Å². The molecule has 0 aliphatic carbocycles. The number of hydrazone groups is 1. The van der Waals surface area contributed by atoms with Gasteiger partial charge in [0.2, 0.25) is 0 Å². The van der Waals surface area contributed by atoms with E-state index in [1.807, 2.05) is 30.3 Å². The van der Waals surface area contributed by atoms with Gasteiger partial charge in [0.1, 0.15) is 5.58 Å². The quantitative estimate of drug-likeness (QED) is 0.475. The lowest BCUT2D eigenvalue weighted by Crippen LogP contribution is -2.29. The van der Waals surface area contributed by atoms with Gasteiger partial charge in [-0.1, -0.05) is 28.1 Å². The molecule has 0 unspecified atom stereocenters. The highest BCUT2D eigenvalue weighted by molar-refractivity contribution is 9.10. The predicted octanol–water partition coefficient (Wildman–Crippen LogP) is 4.95. The van der Waals surface area contributed by atoms with Crippen LogP contribution >= 0.6 is 15.9 Å². The minimum Gasteiger partial charge on any atom is -0.451 e. The van der Waals surface area contributed by atoms with Gasteiger partial charge in [0.15, 0.2) is 5.76 Å². The molecule has 0 saturated carbocycles. The molecule has 2 aromatic carbocycles. The molecular formula is C21H20BrN3O2. The fourth-order valence-corrected chi connectivity index (χ4v) is 3.65. The van der Waals surface area contributed by atoms with E-state index in [1.165, 1.54) is 24.9 Å². The fourth-order valence-electron chi connectivity index (χ4n) is 3.27. The molecule has 2 heterocycles. The number of nitrogens with zero attached hydrogens (tertiary/aromatic N) is 2. The maximum Gasteiger partial charge on any atom is 0.307 e. The number of carbonyl (C=O) groups excluding carboxylic acids is 1. The van der Waals surface area contributed by atoms with Crippen LogP contribution in [0.5, 0.6) is 0 Å². The summed E-state index contributed by atoms with van der Waals surface area (Å²) in [6, 6.07) is 15.5. The molecule has 138 valence electrons. The monoisotopic (exact) mass is 425 g/mol. The van der Waals surface area contributed by atoms with Crippen LogP contribution in [0.3, 0.4) is 0 Å². The molecule has 1 fully saturated rings. The molecule has 6 heteroatoms. The number of hydrogen-bond acceptors (Lipinski definition) is 4. The largest absolute Gasteiger partial charge is 0.451 e. The summed E-state index contributed by atoms with van der Waals surface area (Å²) < 4.78 is 6.50. The van der Waals surface area contributed by atoms with Gasteiger partial charge in [-0.15, -0.1) is 0 Å². The number of rotatable bonds is 4. The number of carbonyl (C=O) groups is 1. The summed E-state index contributed by atoms with van der Waals surface area (Å²) in [6.07, 6.45) is 5.47. The van der Waals surface area contributed by atoms with Crippen molar-refractivity contribution in [1.82, 2.24) is 5.43 Å². The zero-order valence-corrected chi connectivity index (χ0v) is 16.4. The molecule has 0 bridgehead atoms. The maximum atomic E-state index is 12.2. The van der Waals surface area contributed by atoms with Crippen LogP contribution in [0.4, 0.5) is 5.69 Å². The lowest BCUT2D eigenvalue weighted by atomic mass is 10.1. The third-order valence-electron chi connectivity index (χ3n) is 4.70. The van der Waals surface area contributed by atoms with Crippen LogP contribution in [0, 0.1) is 0 Å². The van der Waals surface area contributed by atoms with Crippen LogP contribution in [0.1, 0.15) is 35.4 Å². The topological polar surface area (TPSA) is 57.8 Å². The Bertz CT molecular complexity index is 973. The first-order valence-corrected chi connectivity index (χ1v) is 9.86. The molecule has 4 rings (SSSR count). The van der Waals surface area contributed by atoms with E-state index < -0.39 is 0 Å². The van der Waals surface area contributed by atoms with E-state index in [0.717, 1.165) is 28.5 Å². The first-order chi connectivity index (χ1) is 13.2. The summed E-state index contributed by atoms with van der Waals surface area (Å²) in [7, 11) is 0. The molecule has 5 nitrogen and oxygen atoms in total. The van der Waals surface area contributed by atoms with Crippen molar-refractivity contribution in [2.45, 2.75) is 19.3 Å². The summed E-state index contributed by atoms with van der Waals surface area (Å²) in [4.78, 5) is 14.6. The van der Waals surface area contributed by atoms with Gasteiger partial charge < -0.3 is 9.32 Å². The molecule has 1 aliphatic heterocycles. The van der Waals surface area contributed by atoms with Crippen LogP contribution in [0.25, 0.3) is 11.0 Å². The Morgan fingerprint density at radius 3 is 2.63 bits per heavy atom. The number of benzene rings is 2. The molecule has 27 heavy (non-hydrogen) atoms. The standard InChI is InChI=1S/C21H20BrN3O2/c22-17-6-9-19-16(12-17)13-20(27-19)21(26)24-23-14-15-4-7-18(8-5-15)25-10-2-1-3-11-25/h4-9,12-14H,1-3,10-11H2,(H,24,26)/b23-14+. The predicted molar refractivity (Wildman–Crippen MR) is 111 cm³/mol. The Hall–Kier alpha value is -2.60. The molecule has 0 radical (unpaired) electrons. The van der Waals surface area contributed by atoms with Crippen molar-refractivity contribution in [2.75, 3.05) is 18.0 Å². The third kappa shape index (κ3) is 4.22. The normalized spacial score (nSPS) is 14.8. The Morgan fingerprint density at radius 2 is 1.85 bits per heavy atom. The van der Waals surface area contributed by atoms with Gasteiger partial charge in [-0.2, -0.15) is 5.10 Å². The van der Waals surface area contributed by atoms with Crippen molar-refractivity contribution < 1.29 is 9.21 Å². The lowest BCUT2D eigenvalue weighted by molar-refractivity contribution is 0.0929. The smallest absolute Gasteiger partial charge is 0.307 e. The summed E-state index contributed by atoms with van der Waals surface area (Å²) in [5.41, 5.74) is 5.36. The van der Waals surface area contributed by atoms with Crippen molar-refractivity contribution in [1.29, 1.82) is 0 Å². The molecule has 1 saturated heterocycles. The van der Waals surface area contributed by atoms with Gasteiger partial charge in [-0.25, -0.2) is 5.43 Å². The van der Waals surface area contributed by atoms with E-state index in [1.54, 1.807) is 12.3 Å². The van der Waals surface area contributed by atoms with E-state index in [0.29, 0.717) is 5.58 Å². The van der Waals surface area contributed by atoms with Crippen molar-refractivity contribution in [3.63, 3.8) is 0 Å². The van der Waals surface area contributed by atoms with Crippen molar-refractivity contribution in [2.24, 2.45) is 5.10 Å². The van der Waals surface area contributed by atoms with E-state index in [9.17, 15) is 4.79 Å². The highest BCUT2D eigenvalue weighted by Gasteiger charge is 2.12. The second-order valence-corrected chi connectivity index (χ2v) is 7.55. The molecule has 0 spiro atoms. The Balaban J connectivity index is 1.38. The SMILES string of the molecule is O=C(N/N=C/c1ccc(N2CCCCC2)cc1)c1cc2cc(Br)ccc2o1. The van der Waals surface area contributed by atoms with E-state index in [-0.39, 0.29) is 11.7 Å². The molecule has 0 atom stereocenters. The summed E-state index contributed by atoms with van der Waals surface area (Å²) in [5.74, 6) is -0.135. The Labute approximate surface area is 166 Å². The van der Waals surface area contributed by atoms with Gasteiger partial charge in [-0.3, -0.25) is 4.79 Å². The van der Waals surface area contributed by atoms with Crippen LogP contribution < -0.4 is 10.3 Å². The van der Waals surface area contributed by atoms with E-state index in [4.69, 9.17) is 4.42 Å². The summed E-state index contributed by atoms with van der Waals surface area (Å²) in [5, 5.41) is 4.91. The highest BCUT2D eigenvalue weighted by Crippen LogP contribution is 2.23. The number of anilines is 1. The van der Waals surface area contributed by atoms with Gasteiger partial charge in [0.05, 0.1) is 6.21 Å². The number of halogens is 1. The van der Waals surface area contributed by atoms with Gasteiger partial charge in [0.25, 0.3) is 0 Å². The molecule has 3 aromatic rings. The molecule has 1 aromatic heterocycles. The average Bonchev–Trinajstić information content (AvgIpc) is 3.12. The number of nitrogens with one attached hydrogen (secondary N) is 1. The molecular weight excluding hydrogens is 406 g/mol. The van der Waals surface area contributed by atoms with Crippen LogP contribution in [-0.4, -0.2) is 25.2 Å². The van der Waals surface area contributed by atoms with Crippen molar-refractivity contribution in [3.05, 3.63) is 64.3 Å². The number of amides is 1. The zero-order chi connectivity index (χ0) is 18.6. The fraction of sp³-hybridized carbons (Fsp3) is 0.238. The van der Waals surface area contributed by atoms with Crippen molar-refractivity contribution >= 4 is 44.7 Å². The van der Waals surface area contributed by atoms with Crippen LogP contribution in [-0.2, 0) is 0 Å². The summed E-state index contributed by atoms with van der Waals surface area (Å²) in [6.45, 7) is 2.25. The number of fused-ring (bicyclic) bond motifs is 1. The third-order valence-corrected chi connectivity index (χ3v) is 5.19. The highest BCUT2D eigenvalue weighted by atomic mass is 79.9. The Morgan fingerprint density at radius 1 is 1.07 bits per heavy atom. The minimum absolute atomic E-state index is 0.237. The second kappa shape index (κ2) is 7.96. The zero-order valence-electron chi connectivity index (χ0n) is 14.8. The molecule has 1 amide bonds.